The Hall–Kier alpha value is -0.550. The molecule has 1 heterocycles. The Morgan fingerprint density at radius 1 is 1.25 bits per heavy atom. The summed E-state index contributed by atoms with van der Waals surface area (Å²) in [5.41, 5.74) is -0.00132. The van der Waals surface area contributed by atoms with Crippen LogP contribution in [0.1, 0.15) is 27.7 Å². The molecule has 0 aromatic heterocycles. The van der Waals surface area contributed by atoms with Crippen LogP contribution in [-0.4, -0.2) is 14.0 Å². The van der Waals surface area contributed by atoms with Crippen molar-refractivity contribution in [3.63, 3.8) is 0 Å². The summed E-state index contributed by atoms with van der Waals surface area (Å²) in [6.45, 7) is 6.76. The van der Waals surface area contributed by atoms with Crippen LogP contribution in [0, 0.1) is 0 Å². The average molecular weight is 192 g/mol. The molecule has 0 aromatic carbocycles. The lowest BCUT2D eigenvalue weighted by Crippen LogP contribution is -2.35. The minimum atomic E-state index is -3.83. The second kappa shape index (κ2) is 2.47. The van der Waals surface area contributed by atoms with Gasteiger partial charge in [-0.25, -0.2) is 4.18 Å². The van der Waals surface area contributed by atoms with Crippen LogP contribution >= 0.6 is 0 Å². The first-order valence-corrected chi connectivity index (χ1v) is 4.91. The van der Waals surface area contributed by atoms with Gasteiger partial charge in [-0.2, -0.15) is 8.42 Å². The SMILES string of the molecule is CC1=C(C)C(C)(C)OS(=O)(=O)O1. The third-order valence-electron chi connectivity index (χ3n) is 1.97. The van der Waals surface area contributed by atoms with Gasteiger partial charge < -0.3 is 4.18 Å². The quantitative estimate of drug-likeness (QED) is 0.581. The maximum absolute atomic E-state index is 10.9. The highest BCUT2D eigenvalue weighted by Crippen LogP contribution is 2.31. The van der Waals surface area contributed by atoms with E-state index in [1.807, 2.05) is 0 Å². The molecular formula is C7H12O4S. The Kier molecular flexibility index (Phi) is 1.96. The molecule has 1 aliphatic heterocycles. The number of hydrogen-bond acceptors (Lipinski definition) is 4. The van der Waals surface area contributed by atoms with Gasteiger partial charge in [0.2, 0.25) is 0 Å². The van der Waals surface area contributed by atoms with Gasteiger partial charge in [-0.15, -0.1) is 0 Å². The lowest BCUT2D eigenvalue weighted by molar-refractivity contribution is 0.104. The van der Waals surface area contributed by atoms with Gasteiger partial charge in [-0.05, 0) is 33.3 Å². The highest BCUT2D eigenvalue weighted by atomic mass is 32.3. The third-order valence-corrected chi connectivity index (χ3v) is 3.04. The predicted octanol–water partition coefficient (Wildman–Crippen LogP) is 1.35. The maximum atomic E-state index is 10.9. The van der Waals surface area contributed by atoms with Gasteiger partial charge in [-0.3, -0.25) is 0 Å². The van der Waals surface area contributed by atoms with Gasteiger partial charge in [0.1, 0.15) is 11.4 Å². The first-order chi connectivity index (χ1) is 5.25. The van der Waals surface area contributed by atoms with Crippen molar-refractivity contribution in [2.45, 2.75) is 33.3 Å². The highest BCUT2D eigenvalue weighted by molar-refractivity contribution is 7.82. The highest BCUT2D eigenvalue weighted by Gasteiger charge is 2.36. The Bertz CT molecular complexity index is 323. The second-order valence-electron chi connectivity index (χ2n) is 3.27. The molecule has 0 fully saturated rings. The van der Waals surface area contributed by atoms with Gasteiger partial charge in [0.05, 0.1) is 0 Å². The molecule has 0 bridgehead atoms. The fourth-order valence-corrected chi connectivity index (χ4v) is 2.07. The van der Waals surface area contributed by atoms with Crippen molar-refractivity contribution in [2.24, 2.45) is 0 Å². The van der Waals surface area contributed by atoms with Crippen molar-refractivity contribution in [3.05, 3.63) is 11.3 Å². The first-order valence-electron chi connectivity index (χ1n) is 3.57. The minimum Gasteiger partial charge on any atom is -0.366 e. The molecule has 1 aliphatic rings. The van der Waals surface area contributed by atoms with Crippen molar-refractivity contribution >= 4 is 10.4 Å². The van der Waals surface area contributed by atoms with Crippen molar-refractivity contribution in [1.82, 2.24) is 0 Å². The molecule has 0 saturated carbocycles. The Morgan fingerprint density at radius 2 is 1.75 bits per heavy atom. The topological polar surface area (TPSA) is 52.6 Å². The lowest BCUT2D eigenvalue weighted by atomic mass is 9.99. The molecule has 4 nitrogen and oxygen atoms in total. The van der Waals surface area contributed by atoms with E-state index < -0.39 is 16.0 Å². The van der Waals surface area contributed by atoms with Crippen LogP contribution in [0.5, 0.6) is 0 Å². The van der Waals surface area contributed by atoms with Crippen molar-refractivity contribution in [1.29, 1.82) is 0 Å². The Labute approximate surface area is 72.5 Å². The van der Waals surface area contributed by atoms with E-state index in [9.17, 15) is 8.42 Å². The molecule has 0 spiro atoms. The van der Waals surface area contributed by atoms with Crippen LogP contribution in [0.3, 0.4) is 0 Å². The molecule has 70 valence electrons. The predicted molar refractivity (Wildman–Crippen MR) is 43.5 cm³/mol. The lowest BCUT2D eigenvalue weighted by Gasteiger charge is -2.30. The first kappa shape index (κ1) is 9.54. The zero-order valence-electron chi connectivity index (χ0n) is 7.54. The van der Waals surface area contributed by atoms with Crippen LogP contribution in [0.4, 0.5) is 0 Å². The molecule has 0 N–H and O–H groups in total. The van der Waals surface area contributed by atoms with E-state index in [2.05, 4.69) is 4.18 Å². The number of allylic oxidation sites excluding steroid dienone is 1. The molecule has 0 atom stereocenters. The van der Waals surface area contributed by atoms with E-state index in [-0.39, 0.29) is 0 Å². The fourth-order valence-electron chi connectivity index (χ4n) is 0.974. The van der Waals surface area contributed by atoms with Crippen molar-refractivity contribution < 1.29 is 16.8 Å². The van der Waals surface area contributed by atoms with Gasteiger partial charge in [0.15, 0.2) is 0 Å². The van der Waals surface area contributed by atoms with Crippen LogP contribution < -0.4 is 0 Å². The second-order valence-corrected chi connectivity index (χ2v) is 4.42. The molecule has 0 aromatic rings. The summed E-state index contributed by atoms with van der Waals surface area (Å²) >= 11 is 0. The van der Waals surface area contributed by atoms with E-state index in [0.717, 1.165) is 5.57 Å². The van der Waals surface area contributed by atoms with E-state index >= 15 is 0 Å². The molecule has 0 amide bonds. The van der Waals surface area contributed by atoms with Crippen LogP contribution in [0.25, 0.3) is 0 Å². The summed E-state index contributed by atoms with van der Waals surface area (Å²) in [6.07, 6.45) is 0. The van der Waals surface area contributed by atoms with E-state index in [0.29, 0.717) is 5.76 Å². The summed E-state index contributed by atoms with van der Waals surface area (Å²) in [5.74, 6) is 0.395. The molecule has 0 unspecified atom stereocenters. The molecule has 0 saturated heterocycles. The molecule has 12 heavy (non-hydrogen) atoms. The smallest absolute Gasteiger partial charge is 0.366 e. The summed E-state index contributed by atoms with van der Waals surface area (Å²) in [7, 11) is -3.83. The summed E-state index contributed by atoms with van der Waals surface area (Å²) in [6, 6.07) is 0. The summed E-state index contributed by atoms with van der Waals surface area (Å²) in [5, 5.41) is 0. The van der Waals surface area contributed by atoms with Gasteiger partial charge in [0.25, 0.3) is 0 Å². The zero-order chi connectivity index (χ0) is 9.57. The summed E-state index contributed by atoms with van der Waals surface area (Å²) < 4.78 is 31.2. The largest absolute Gasteiger partial charge is 0.449 e. The monoisotopic (exact) mass is 192 g/mol. The van der Waals surface area contributed by atoms with E-state index in [1.54, 1.807) is 27.7 Å². The average Bonchev–Trinajstić information content (AvgIpc) is 1.79. The minimum absolute atomic E-state index is 0.395. The van der Waals surface area contributed by atoms with Gasteiger partial charge >= 0.3 is 10.4 Å². The fraction of sp³-hybridized carbons (Fsp3) is 0.714. The standard InChI is InChI=1S/C7H12O4S/c1-5-6(2)10-12(8,9)11-7(5,3)4/h1-4H3. The van der Waals surface area contributed by atoms with Gasteiger partial charge in [0, 0.05) is 0 Å². The Balaban J connectivity index is 3.20. The molecule has 0 aliphatic carbocycles. The molecule has 5 heteroatoms. The van der Waals surface area contributed by atoms with Gasteiger partial charge in [-0.1, -0.05) is 0 Å². The maximum Gasteiger partial charge on any atom is 0.449 e. The Morgan fingerprint density at radius 3 is 2.17 bits per heavy atom. The van der Waals surface area contributed by atoms with E-state index in [4.69, 9.17) is 4.18 Å². The number of rotatable bonds is 0. The molecule has 0 radical (unpaired) electrons. The molecule has 1 rings (SSSR count). The normalized spacial score (nSPS) is 26.7. The zero-order valence-corrected chi connectivity index (χ0v) is 8.36. The van der Waals surface area contributed by atoms with Crippen molar-refractivity contribution in [2.75, 3.05) is 0 Å². The van der Waals surface area contributed by atoms with Crippen molar-refractivity contribution in [3.8, 4) is 0 Å². The number of hydrogen-bond donors (Lipinski definition) is 0. The van der Waals surface area contributed by atoms with Crippen LogP contribution in [0.2, 0.25) is 0 Å². The van der Waals surface area contributed by atoms with E-state index in [1.165, 1.54) is 0 Å². The van der Waals surface area contributed by atoms with Crippen LogP contribution in [0.15, 0.2) is 11.3 Å². The molecular weight excluding hydrogens is 180 g/mol. The summed E-state index contributed by atoms with van der Waals surface area (Å²) in [4.78, 5) is 0. The third kappa shape index (κ3) is 1.61. The van der Waals surface area contributed by atoms with Crippen LogP contribution in [-0.2, 0) is 18.8 Å².